The first-order valence-corrected chi connectivity index (χ1v) is 5.94. The third kappa shape index (κ3) is 3.13. The lowest BCUT2D eigenvalue weighted by Crippen LogP contribution is -2.51. The van der Waals surface area contributed by atoms with Crippen LogP contribution >= 0.6 is 24.0 Å². The lowest BCUT2D eigenvalue weighted by molar-refractivity contribution is 0.0709. The van der Waals surface area contributed by atoms with Crippen molar-refractivity contribution in [3.8, 4) is 0 Å². The van der Waals surface area contributed by atoms with Gasteiger partial charge in [0.05, 0.1) is 10.6 Å². The minimum atomic E-state index is -0.555. The zero-order valence-corrected chi connectivity index (χ0v) is 11.5. The highest BCUT2D eigenvalue weighted by molar-refractivity contribution is 6.34. The molecule has 0 radical (unpaired) electrons. The van der Waals surface area contributed by atoms with Crippen LogP contribution in [0.25, 0.3) is 0 Å². The van der Waals surface area contributed by atoms with E-state index in [2.05, 4.69) is 5.32 Å². The van der Waals surface area contributed by atoms with Crippen molar-refractivity contribution < 1.29 is 9.18 Å². The molecule has 0 bridgehead atoms. The summed E-state index contributed by atoms with van der Waals surface area (Å²) in [5.41, 5.74) is 0.237. The van der Waals surface area contributed by atoms with Gasteiger partial charge < -0.3 is 10.2 Å². The van der Waals surface area contributed by atoms with E-state index in [0.717, 1.165) is 6.54 Å². The minimum Gasteiger partial charge on any atom is -0.336 e. The highest BCUT2D eigenvalue weighted by Crippen LogP contribution is 2.21. The molecule has 1 aliphatic heterocycles. The first kappa shape index (κ1) is 15.2. The van der Waals surface area contributed by atoms with Gasteiger partial charge in [-0.15, -0.1) is 12.4 Å². The summed E-state index contributed by atoms with van der Waals surface area (Å²) < 4.78 is 13.3. The van der Waals surface area contributed by atoms with Crippen molar-refractivity contribution >= 4 is 29.9 Å². The fourth-order valence-corrected chi connectivity index (χ4v) is 2.16. The Hall–Kier alpha value is -0.840. The van der Waals surface area contributed by atoms with Crippen molar-refractivity contribution in [3.05, 3.63) is 34.6 Å². The Morgan fingerprint density at radius 3 is 2.94 bits per heavy atom. The van der Waals surface area contributed by atoms with Crippen LogP contribution in [0.5, 0.6) is 0 Å². The molecular formula is C12H15Cl2FN2O. The summed E-state index contributed by atoms with van der Waals surface area (Å²) in [5, 5.41) is 3.15. The molecule has 1 unspecified atom stereocenters. The molecule has 1 amide bonds. The van der Waals surface area contributed by atoms with Gasteiger partial charge >= 0.3 is 0 Å². The van der Waals surface area contributed by atoms with Crippen LogP contribution in [0.3, 0.4) is 0 Å². The number of benzene rings is 1. The fourth-order valence-electron chi connectivity index (χ4n) is 1.96. The molecule has 2 rings (SSSR count). The van der Waals surface area contributed by atoms with Crippen LogP contribution in [0.2, 0.25) is 5.02 Å². The first-order chi connectivity index (χ1) is 8.09. The number of halogens is 3. The van der Waals surface area contributed by atoms with Crippen molar-refractivity contribution in [3.63, 3.8) is 0 Å². The third-order valence-corrected chi connectivity index (χ3v) is 3.22. The van der Waals surface area contributed by atoms with Crippen LogP contribution in [-0.4, -0.2) is 36.5 Å². The van der Waals surface area contributed by atoms with Gasteiger partial charge in [-0.05, 0) is 19.1 Å². The zero-order valence-electron chi connectivity index (χ0n) is 9.95. The largest absolute Gasteiger partial charge is 0.336 e. The van der Waals surface area contributed by atoms with Gasteiger partial charge in [-0.25, -0.2) is 4.39 Å². The topological polar surface area (TPSA) is 32.3 Å². The van der Waals surface area contributed by atoms with E-state index in [1.807, 2.05) is 6.92 Å². The number of carbonyl (C=O) groups is 1. The second-order valence-electron chi connectivity index (χ2n) is 4.21. The van der Waals surface area contributed by atoms with E-state index in [9.17, 15) is 9.18 Å². The summed E-state index contributed by atoms with van der Waals surface area (Å²) in [6.45, 7) is 3.99. The van der Waals surface area contributed by atoms with E-state index in [4.69, 9.17) is 11.6 Å². The minimum absolute atomic E-state index is 0. The fraction of sp³-hybridized carbons (Fsp3) is 0.417. The molecule has 0 saturated carbocycles. The van der Waals surface area contributed by atoms with Crippen LogP contribution in [0, 0.1) is 5.82 Å². The normalized spacial score (nSPS) is 19.3. The Bertz CT molecular complexity index is 442. The zero-order chi connectivity index (χ0) is 12.4. The maximum Gasteiger partial charge on any atom is 0.255 e. The molecule has 0 aromatic heterocycles. The molecule has 1 aliphatic rings. The van der Waals surface area contributed by atoms with E-state index in [1.165, 1.54) is 12.1 Å². The van der Waals surface area contributed by atoms with E-state index < -0.39 is 5.82 Å². The molecule has 3 nitrogen and oxygen atoms in total. The number of piperazine rings is 1. The molecule has 1 atom stereocenters. The maximum atomic E-state index is 13.3. The van der Waals surface area contributed by atoms with Gasteiger partial charge in [0.1, 0.15) is 5.82 Å². The highest BCUT2D eigenvalue weighted by atomic mass is 35.5. The van der Waals surface area contributed by atoms with Crippen molar-refractivity contribution in [1.82, 2.24) is 10.2 Å². The summed E-state index contributed by atoms with van der Waals surface area (Å²) in [6, 6.07) is 4.56. The van der Waals surface area contributed by atoms with Crippen LogP contribution in [0.15, 0.2) is 18.2 Å². The van der Waals surface area contributed by atoms with Gasteiger partial charge in [0.2, 0.25) is 0 Å². The van der Waals surface area contributed by atoms with Crippen LogP contribution in [0.1, 0.15) is 17.3 Å². The van der Waals surface area contributed by atoms with Gasteiger partial charge in [-0.1, -0.05) is 17.7 Å². The lowest BCUT2D eigenvalue weighted by Gasteiger charge is -2.32. The molecule has 1 aromatic rings. The molecule has 0 aliphatic carbocycles. The molecule has 18 heavy (non-hydrogen) atoms. The second-order valence-corrected chi connectivity index (χ2v) is 4.59. The van der Waals surface area contributed by atoms with E-state index in [0.29, 0.717) is 13.1 Å². The summed E-state index contributed by atoms with van der Waals surface area (Å²) in [6.07, 6.45) is 0. The molecule has 1 heterocycles. The van der Waals surface area contributed by atoms with E-state index in [-0.39, 0.29) is 34.9 Å². The number of nitrogens with zero attached hydrogens (tertiary/aromatic N) is 1. The molecule has 1 aromatic carbocycles. The maximum absolute atomic E-state index is 13.3. The first-order valence-electron chi connectivity index (χ1n) is 5.56. The number of rotatable bonds is 1. The molecule has 100 valence electrons. The predicted octanol–water partition coefficient (Wildman–Crippen LogP) is 2.33. The Morgan fingerprint density at radius 1 is 1.56 bits per heavy atom. The second kappa shape index (κ2) is 6.36. The van der Waals surface area contributed by atoms with Gasteiger partial charge in [0.15, 0.2) is 0 Å². The summed E-state index contributed by atoms with van der Waals surface area (Å²) >= 11 is 5.81. The van der Waals surface area contributed by atoms with Crippen LogP contribution in [-0.2, 0) is 0 Å². The molecule has 1 saturated heterocycles. The number of amides is 1. The van der Waals surface area contributed by atoms with Gasteiger partial charge in [0, 0.05) is 25.7 Å². The molecule has 1 fully saturated rings. The number of carbonyl (C=O) groups excluding carboxylic acids is 1. The van der Waals surface area contributed by atoms with Crippen molar-refractivity contribution in [1.29, 1.82) is 0 Å². The summed E-state index contributed by atoms with van der Waals surface area (Å²) in [4.78, 5) is 13.9. The molecule has 1 N–H and O–H groups in total. The highest BCUT2D eigenvalue weighted by Gasteiger charge is 2.23. The monoisotopic (exact) mass is 292 g/mol. The lowest BCUT2D eigenvalue weighted by atomic mass is 10.1. The Labute approximate surface area is 117 Å². The van der Waals surface area contributed by atoms with Gasteiger partial charge in [-0.2, -0.15) is 0 Å². The standard InChI is InChI=1S/C12H14ClFN2O.ClH/c1-8-7-16(6-5-15-8)12(17)9-3-2-4-10(14)11(9)13;/h2-4,8,15H,5-7H2,1H3;1H. The quantitative estimate of drug-likeness (QED) is 0.862. The van der Waals surface area contributed by atoms with Crippen LogP contribution < -0.4 is 5.32 Å². The van der Waals surface area contributed by atoms with Gasteiger partial charge in [0.25, 0.3) is 5.91 Å². The number of nitrogens with one attached hydrogen (secondary N) is 1. The van der Waals surface area contributed by atoms with E-state index >= 15 is 0 Å². The third-order valence-electron chi connectivity index (χ3n) is 2.84. The number of hydrogen-bond donors (Lipinski definition) is 1. The van der Waals surface area contributed by atoms with Crippen molar-refractivity contribution in [2.75, 3.05) is 19.6 Å². The van der Waals surface area contributed by atoms with Crippen molar-refractivity contribution in [2.24, 2.45) is 0 Å². The average molecular weight is 293 g/mol. The van der Waals surface area contributed by atoms with Crippen molar-refractivity contribution in [2.45, 2.75) is 13.0 Å². The van der Waals surface area contributed by atoms with Gasteiger partial charge in [-0.3, -0.25) is 4.79 Å². The van der Waals surface area contributed by atoms with Crippen LogP contribution in [0.4, 0.5) is 4.39 Å². The molecule has 6 heteroatoms. The Morgan fingerprint density at radius 2 is 2.28 bits per heavy atom. The Balaban J connectivity index is 0.00000162. The SMILES string of the molecule is CC1CN(C(=O)c2cccc(F)c2Cl)CCN1.Cl. The predicted molar refractivity (Wildman–Crippen MR) is 72.0 cm³/mol. The summed E-state index contributed by atoms with van der Waals surface area (Å²) in [7, 11) is 0. The molecule has 0 spiro atoms. The molecular weight excluding hydrogens is 278 g/mol. The Kier molecular flexibility index (Phi) is 5.38. The average Bonchev–Trinajstić information content (AvgIpc) is 2.32. The van der Waals surface area contributed by atoms with E-state index in [1.54, 1.807) is 11.0 Å². The smallest absolute Gasteiger partial charge is 0.255 e. The summed E-state index contributed by atoms with van der Waals surface area (Å²) in [5.74, 6) is -0.761. The number of hydrogen-bond acceptors (Lipinski definition) is 2.